The first-order chi connectivity index (χ1) is 10.5. The third-order valence-corrected chi connectivity index (χ3v) is 5.05. The number of hydrogen-bond acceptors (Lipinski definition) is 3. The van der Waals surface area contributed by atoms with Crippen molar-refractivity contribution in [2.24, 2.45) is 7.05 Å². The van der Waals surface area contributed by atoms with Gasteiger partial charge in [0.05, 0.1) is 16.6 Å². The van der Waals surface area contributed by atoms with Gasteiger partial charge in [-0.1, -0.05) is 23.7 Å². The molecule has 0 saturated heterocycles. The lowest BCUT2D eigenvalue weighted by atomic mass is 10.1. The summed E-state index contributed by atoms with van der Waals surface area (Å²) in [5.41, 5.74) is 1.93. The molecule has 0 radical (unpaired) electrons. The Kier molecular flexibility index (Phi) is 3.93. The number of nitrogens with zero attached hydrogens (tertiary/aromatic N) is 2. The quantitative estimate of drug-likeness (QED) is 0.784. The molecule has 6 heteroatoms. The SMILES string of the molecule is Cc1nn(C)c2sc(C(=O)NC(C)c3cccc(Cl)c3)cc12. The number of hydrogen-bond donors (Lipinski definition) is 1. The topological polar surface area (TPSA) is 46.9 Å². The van der Waals surface area contributed by atoms with Crippen LogP contribution < -0.4 is 5.32 Å². The fourth-order valence-electron chi connectivity index (χ4n) is 2.44. The molecule has 0 aliphatic carbocycles. The summed E-state index contributed by atoms with van der Waals surface area (Å²) in [6.07, 6.45) is 0. The Hall–Kier alpha value is -1.85. The zero-order valence-electron chi connectivity index (χ0n) is 12.6. The Morgan fingerprint density at radius 1 is 1.41 bits per heavy atom. The van der Waals surface area contributed by atoms with Crippen LogP contribution in [0.3, 0.4) is 0 Å². The molecule has 0 fully saturated rings. The van der Waals surface area contributed by atoms with Gasteiger partial charge in [-0.15, -0.1) is 11.3 Å². The minimum atomic E-state index is -0.101. The summed E-state index contributed by atoms with van der Waals surface area (Å²) in [5.74, 6) is -0.0759. The molecule has 114 valence electrons. The zero-order chi connectivity index (χ0) is 15.9. The lowest BCUT2D eigenvalue weighted by Gasteiger charge is -2.13. The number of benzene rings is 1. The number of aromatic nitrogens is 2. The second kappa shape index (κ2) is 5.74. The van der Waals surface area contributed by atoms with Crippen LogP contribution in [0.5, 0.6) is 0 Å². The van der Waals surface area contributed by atoms with Gasteiger partial charge in [-0.25, -0.2) is 0 Å². The van der Waals surface area contributed by atoms with E-state index in [2.05, 4.69) is 10.4 Å². The van der Waals surface area contributed by atoms with Crippen LogP contribution in [-0.2, 0) is 7.05 Å². The molecule has 1 aromatic carbocycles. The van der Waals surface area contributed by atoms with Gasteiger partial charge in [0.25, 0.3) is 5.91 Å². The van der Waals surface area contributed by atoms with E-state index in [0.717, 1.165) is 21.5 Å². The average molecular weight is 334 g/mol. The zero-order valence-corrected chi connectivity index (χ0v) is 14.1. The number of carbonyl (C=O) groups is 1. The van der Waals surface area contributed by atoms with Crippen LogP contribution in [-0.4, -0.2) is 15.7 Å². The van der Waals surface area contributed by atoms with Gasteiger partial charge < -0.3 is 5.32 Å². The molecule has 1 unspecified atom stereocenters. The van der Waals surface area contributed by atoms with Crippen molar-refractivity contribution >= 4 is 39.1 Å². The Balaban J connectivity index is 1.82. The molecule has 2 heterocycles. The van der Waals surface area contributed by atoms with Crippen LogP contribution in [0.4, 0.5) is 0 Å². The van der Waals surface area contributed by atoms with Crippen molar-refractivity contribution in [1.82, 2.24) is 15.1 Å². The molecule has 0 aliphatic heterocycles. The van der Waals surface area contributed by atoms with E-state index in [-0.39, 0.29) is 11.9 Å². The number of thiophene rings is 1. The van der Waals surface area contributed by atoms with Crippen molar-refractivity contribution < 1.29 is 4.79 Å². The predicted octanol–water partition coefficient (Wildman–Crippen LogP) is 4.09. The molecule has 22 heavy (non-hydrogen) atoms. The molecule has 1 atom stereocenters. The highest BCUT2D eigenvalue weighted by atomic mass is 35.5. The first-order valence-corrected chi connectivity index (χ1v) is 8.14. The molecule has 2 aromatic heterocycles. The number of fused-ring (bicyclic) bond motifs is 1. The average Bonchev–Trinajstić information content (AvgIpc) is 3.01. The van der Waals surface area contributed by atoms with Gasteiger partial charge in [0.1, 0.15) is 4.83 Å². The van der Waals surface area contributed by atoms with Crippen molar-refractivity contribution in [1.29, 1.82) is 0 Å². The second-order valence-corrected chi connectivity index (χ2v) is 6.76. The third kappa shape index (κ3) is 2.74. The van der Waals surface area contributed by atoms with Crippen LogP contribution >= 0.6 is 22.9 Å². The summed E-state index contributed by atoms with van der Waals surface area (Å²) in [7, 11) is 1.89. The molecular weight excluding hydrogens is 318 g/mol. The highest BCUT2D eigenvalue weighted by molar-refractivity contribution is 7.20. The van der Waals surface area contributed by atoms with Gasteiger partial charge in [-0.2, -0.15) is 5.10 Å². The smallest absolute Gasteiger partial charge is 0.261 e. The van der Waals surface area contributed by atoms with E-state index in [4.69, 9.17) is 11.6 Å². The van der Waals surface area contributed by atoms with E-state index in [0.29, 0.717) is 9.90 Å². The van der Waals surface area contributed by atoms with Gasteiger partial charge >= 0.3 is 0 Å². The molecule has 0 spiro atoms. The summed E-state index contributed by atoms with van der Waals surface area (Å²) in [6.45, 7) is 3.90. The number of halogens is 1. The van der Waals surface area contributed by atoms with E-state index in [1.807, 2.05) is 55.9 Å². The summed E-state index contributed by atoms with van der Waals surface area (Å²) in [4.78, 5) is 14.1. The van der Waals surface area contributed by atoms with Crippen LogP contribution in [0.15, 0.2) is 30.3 Å². The molecular formula is C16H16ClN3OS. The predicted molar refractivity (Wildman–Crippen MR) is 90.7 cm³/mol. The number of nitrogens with one attached hydrogen (secondary N) is 1. The number of carbonyl (C=O) groups excluding carboxylic acids is 1. The normalized spacial score (nSPS) is 12.5. The maximum atomic E-state index is 12.4. The van der Waals surface area contributed by atoms with Crippen molar-refractivity contribution in [2.45, 2.75) is 19.9 Å². The number of amides is 1. The fraction of sp³-hybridized carbons (Fsp3) is 0.250. The highest BCUT2D eigenvalue weighted by Gasteiger charge is 2.17. The minimum absolute atomic E-state index is 0.0759. The monoisotopic (exact) mass is 333 g/mol. The lowest BCUT2D eigenvalue weighted by molar-refractivity contribution is 0.0944. The van der Waals surface area contributed by atoms with Crippen molar-refractivity contribution in [3.05, 3.63) is 51.5 Å². The van der Waals surface area contributed by atoms with Gasteiger partial charge in [0, 0.05) is 17.5 Å². The van der Waals surface area contributed by atoms with E-state index in [1.165, 1.54) is 11.3 Å². The maximum absolute atomic E-state index is 12.4. The van der Waals surface area contributed by atoms with Gasteiger partial charge in [0.15, 0.2) is 0 Å². The molecule has 1 N–H and O–H groups in total. The van der Waals surface area contributed by atoms with Crippen molar-refractivity contribution in [2.75, 3.05) is 0 Å². The largest absolute Gasteiger partial charge is 0.345 e. The van der Waals surface area contributed by atoms with Crippen LogP contribution in [0, 0.1) is 6.92 Å². The minimum Gasteiger partial charge on any atom is -0.345 e. The summed E-state index contributed by atoms with van der Waals surface area (Å²) in [5, 5.41) is 9.07. The summed E-state index contributed by atoms with van der Waals surface area (Å²) >= 11 is 7.45. The van der Waals surface area contributed by atoms with Gasteiger partial charge in [0.2, 0.25) is 0 Å². The summed E-state index contributed by atoms with van der Waals surface area (Å²) in [6, 6.07) is 9.33. The first-order valence-electron chi connectivity index (χ1n) is 6.95. The lowest BCUT2D eigenvalue weighted by Crippen LogP contribution is -2.25. The van der Waals surface area contributed by atoms with Crippen molar-refractivity contribution in [3.63, 3.8) is 0 Å². The number of aryl methyl sites for hydroxylation is 2. The standard InChI is InChI=1S/C16H16ClN3OS/c1-9(11-5-4-6-12(17)7-11)18-15(21)14-8-13-10(2)19-20(3)16(13)22-14/h4-9H,1-3H3,(H,18,21). The Morgan fingerprint density at radius 2 is 2.18 bits per heavy atom. The Morgan fingerprint density at radius 3 is 2.86 bits per heavy atom. The molecule has 1 amide bonds. The van der Waals surface area contributed by atoms with E-state index >= 15 is 0 Å². The maximum Gasteiger partial charge on any atom is 0.261 e. The van der Waals surface area contributed by atoms with Crippen LogP contribution in [0.1, 0.15) is 33.9 Å². The van der Waals surface area contributed by atoms with E-state index in [1.54, 1.807) is 0 Å². The van der Waals surface area contributed by atoms with Crippen LogP contribution in [0.25, 0.3) is 10.2 Å². The Bertz CT molecular complexity index is 818. The van der Waals surface area contributed by atoms with Crippen LogP contribution in [0.2, 0.25) is 5.02 Å². The second-order valence-electron chi connectivity index (χ2n) is 5.29. The van der Waals surface area contributed by atoms with E-state index in [9.17, 15) is 4.79 Å². The molecule has 0 aliphatic rings. The molecule has 3 aromatic rings. The van der Waals surface area contributed by atoms with E-state index < -0.39 is 0 Å². The summed E-state index contributed by atoms with van der Waals surface area (Å²) < 4.78 is 1.81. The van der Waals surface area contributed by atoms with Gasteiger partial charge in [-0.3, -0.25) is 9.48 Å². The third-order valence-electron chi connectivity index (χ3n) is 3.62. The molecule has 4 nitrogen and oxygen atoms in total. The Labute approximate surface area is 137 Å². The van der Waals surface area contributed by atoms with Gasteiger partial charge in [-0.05, 0) is 37.6 Å². The fourth-order valence-corrected chi connectivity index (χ4v) is 3.67. The molecule has 3 rings (SSSR count). The molecule has 0 bridgehead atoms. The van der Waals surface area contributed by atoms with Crippen molar-refractivity contribution in [3.8, 4) is 0 Å². The number of rotatable bonds is 3. The first kappa shape index (κ1) is 15.1. The molecule has 0 saturated carbocycles. The highest BCUT2D eigenvalue weighted by Crippen LogP contribution is 2.28.